The molecule has 84 valence electrons. The third-order valence-electron chi connectivity index (χ3n) is 2.88. The van der Waals surface area contributed by atoms with Gasteiger partial charge in [0, 0.05) is 12.6 Å². The predicted octanol–water partition coefficient (Wildman–Crippen LogP) is 0.742. The summed E-state index contributed by atoms with van der Waals surface area (Å²) in [6.07, 6.45) is 0.817. The average molecular weight is 210 g/mol. The topological polar surface area (TPSA) is 66.0 Å². The highest BCUT2D eigenvalue weighted by molar-refractivity contribution is 5.11. The Labute approximate surface area is 89.6 Å². The Balaban J connectivity index is 2.43. The molecule has 1 aromatic rings. The van der Waals surface area contributed by atoms with Gasteiger partial charge in [-0.15, -0.1) is 10.2 Å². The van der Waals surface area contributed by atoms with Crippen LogP contribution in [-0.4, -0.2) is 28.0 Å². The first-order valence-electron chi connectivity index (χ1n) is 5.33. The second-order valence-corrected chi connectivity index (χ2v) is 4.49. The molecule has 2 heterocycles. The molecule has 1 atom stereocenters. The van der Waals surface area contributed by atoms with Gasteiger partial charge >= 0.3 is 0 Å². The van der Waals surface area contributed by atoms with E-state index in [1.807, 2.05) is 6.92 Å². The quantitative estimate of drug-likeness (QED) is 0.782. The van der Waals surface area contributed by atoms with Crippen LogP contribution in [0, 0.1) is 6.92 Å². The second kappa shape index (κ2) is 3.57. The minimum atomic E-state index is -0.453. The smallest absolute Gasteiger partial charge is 0.155 e. The largest absolute Gasteiger partial charge is 0.379 e. The number of aryl methyl sites for hydroxylation is 1. The van der Waals surface area contributed by atoms with Gasteiger partial charge in [0.2, 0.25) is 0 Å². The van der Waals surface area contributed by atoms with Crippen LogP contribution in [0.5, 0.6) is 0 Å². The lowest BCUT2D eigenvalue weighted by atomic mass is 9.99. The van der Waals surface area contributed by atoms with Crippen molar-refractivity contribution in [1.29, 1.82) is 0 Å². The summed E-state index contributed by atoms with van der Waals surface area (Å²) < 4.78 is 7.44. The molecule has 2 N–H and O–H groups in total. The maximum Gasteiger partial charge on any atom is 0.155 e. The molecule has 0 aromatic carbocycles. The summed E-state index contributed by atoms with van der Waals surface area (Å²) in [5, 5.41) is 8.30. The molecule has 0 spiro atoms. The van der Waals surface area contributed by atoms with E-state index in [2.05, 4.69) is 28.6 Å². The van der Waals surface area contributed by atoms with Crippen molar-refractivity contribution in [3.8, 4) is 0 Å². The van der Waals surface area contributed by atoms with Gasteiger partial charge in [0.25, 0.3) is 0 Å². The summed E-state index contributed by atoms with van der Waals surface area (Å²) in [6.45, 7) is 7.42. The number of aromatic nitrogens is 3. The summed E-state index contributed by atoms with van der Waals surface area (Å²) in [4.78, 5) is 0. The first-order valence-corrected chi connectivity index (χ1v) is 5.33. The van der Waals surface area contributed by atoms with Gasteiger partial charge in [-0.25, -0.2) is 0 Å². The second-order valence-electron chi connectivity index (χ2n) is 4.49. The third kappa shape index (κ3) is 1.66. The number of nitrogens with zero attached hydrogens (tertiary/aromatic N) is 3. The van der Waals surface area contributed by atoms with E-state index in [1.54, 1.807) is 0 Å². The molecule has 2 rings (SSSR count). The Morgan fingerprint density at radius 1 is 1.47 bits per heavy atom. The van der Waals surface area contributed by atoms with Crippen molar-refractivity contribution in [2.24, 2.45) is 5.73 Å². The van der Waals surface area contributed by atoms with E-state index in [1.165, 1.54) is 0 Å². The molecule has 1 aliphatic heterocycles. The highest BCUT2D eigenvalue weighted by Crippen LogP contribution is 2.28. The summed E-state index contributed by atoms with van der Waals surface area (Å²) in [7, 11) is 0. The van der Waals surface area contributed by atoms with Crippen molar-refractivity contribution in [3.05, 3.63) is 11.6 Å². The van der Waals surface area contributed by atoms with E-state index in [-0.39, 0.29) is 0 Å². The molecular weight excluding hydrogens is 192 g/mol. The number of hydrogen-bond donors (Lipinski definition) is 1. The minimum Gasteiger partial charge on any atom is -0.379 e. The first-order chi connectivity index (χ1) is 7.04. The number of hydrogen-bond acceptors (Lipinski definition) is 4. The lowest BCUT2D eigenvalue weighted by molar-refractivity contribution is 0.174. The molecule has 0 amide bonds. The monoisotopic (exact) mass is 210 g/mol. The van der Waals surface area contributed by atoms with Crippen molar-refractivity contribution >= 4 is 0 Å². The number of ether oxygens (including phenoxy) is 1. The Bertz CT molecular complexity index is 352. The van der Waals surface area contributed by atoms with Crippen LogP contribution < -0.4 is 5.73 Å². The van der Waals surface area contributed by atoms with Gasteiger partial charge < -0.3 is 15.0 Å². The van der Waals surface area contributed by atoms with E-state index in [0.29, 0.717) is 19.3 Å². The van der Waals surface area contributed by atoms with Crippen LogP contribution in [0.15, 0.2) is 0 Å². The zero-order valence-corrected chi connectivity index (χ0v) is 9.53. The highest BCUT2D eigenvalue weighted by Gasteiger charge is 2.38. The third-order valence-corrected chi connectivity index (χ3v) is 2.88. The molecule has 0 bridgehead atoms. The van der Waals surface area contributed by atoms with Crippen molar-refractivity contribution in [2.75, 3.05) is 13.2 Å². The Hall–Kier alpha value is -0.940. The standard InChI is InChI=1S/C10H18N4O/c1-7(2)14-8(3)12-13-9(14)10(11)4-5-15-6-10/h7H,4-6,11H2,1-3H3. The molecular formula is C10H18N4O. The van der Waals surface area contributed by atoms with Crippen molar-refractivity contribution in [2.45, 2.75) is 38.8 Å². The Morgan fingerprint density at radius 2 is 2.20 bits per heavy atom. The van der Waals surface area contributed by atoms with Crippen LogP contribution in [0.25, 0.3) is 0 Å². The number of rotatable bonds is 2. The van der Waals surface area contributed by atoms with Crippen molar-refractivity contribution in [1.82, 2.24) is 14.8 Å². The van der Waals surface area contributed by atoms with Gasteiger partial charge in [-0.3, -0.25) is 0 Å². The molecule has 1 unspecified atom stereocenters. The average Bonchev–Trinajstić information content (AvgIpc) is 2.72. The maximum atomic E-state index is 6.28. The van der Waals surface area contributed by atoms with E-state index in [9.17, 15) is 0 Å². The zero-order chi connectivity index (χ0) is 11.1. The van der Waals surface area contributed by atoms with Gasteiger partial charge in [0.05, 0.1) is 6.61 Å². The van der Waals surface area contributed by atoms with E-state index in [4.69, 9.17) is 10.5 Å². The molecule has 1 fully saturated rings. The van der Waals surface area contributed by atoms with Gasteiger partial charge in [0.15, 0.2) is 5.82 Å². The fourth-order valence-corrected chi connectivity index (χ4v) is 2.08. The Morgan fingerprint density at radius 3 is 2.73 bits per heavy atom. The van der Waals surface area contributed by atoms with Crippen LogP contribution in [0.3, 0.4) is 0 Å². The predicted molar refractivity (Wildman–Crippen MR) is 56.4 cm³/mol. The molecule has 5 nitrogen and oxygen atoms in total. The fraction of sp³-hybridized carbons (Fsp3) is 0.800. The van der Waals surface area contributed by atoms with Crippen molar-refractivity contribution < 1.29 is 4.74 Å². The number of nitrogens with two attached hydrogens (primary N) is 1. The molecule has 1 aliphatic rings. The van der Waals surface area contributed by atoms with Crippen LogP contribution in [0.2, 0.25) is 0 Å². The van der Waals surface area contributed by atoms with Crippen LogP contribution in [0.1, 0.15) is 38.0 Å². The zero-order valence-electron chi connectivity index (χ0n) is 9.53. The van der Waals surface area contributed by atoms with E-state index in [0.717, 1.165) is 18.1 Å². The Kier molecular flexibility index (Phi) is 2.52. The van der Waals surface area contributed by atoms with Crippen LogP contribution in [-0.2, 0) is 10.3 Å². The highest BCUT2D eigenvalue weighted by atomic mass is 16.5. The van der Waals surface area contributed by atoms with Crippen LogP contribution >= 0.6 is 0 Å². The summed E-state index contributed by atoms with van der Waals surface area (Å²) in [5.41, 5.74) is 5.83. The lowest BCUT2D eigenvalue weighted by Gasteiger charge is -2.23. The molecule has 1 saturated heterocycles. The van der Waals surface area contributed by atoms with Gasteiger partial charge in [0.1, 0.15) is 11.4 Å². The lowest BCUT2D eigenvalue weighted by Crippen LogP contribution is -2.40. The normalized spacial score (nSPS) is 26.5. The van der Waals surface area contributed by atoms with E-state index < -0.39 is 5.54 Å². The van der Waals surface area contributed by atoms with Gasteiger partial charge in [-0.2, -0.15) is 0 Å². The molecule has 1 aromatic heterocycles. The summed E-state index contributed by atoms with van der Waals surface area (Å²) in [5.74, 6) is 1.77. The molecule has 0 aliphatic carbocycles. The SMILES string of the molecule is Cc1nnc(C2(N)CCOC2)n1C(C)C. The summed E-state index contributed by atoms with van der Waals surface area (Å²) >= 11 is 0. The molecule has 5 heteroatoms. The fourth-order valence-electron chi connectivity index (χ4n) is 2.08. The molecule has 0 radical (unpaired) electrons. The molecule has 0 saturated carbocycles. The van der Waals surface area contributed by atoms with Gasteiger partial charge in [-0.1, -0.05) is 0 Å². The summed E-state index contributed by atoms with van der Waals surface area (Å²) in [6, 6.07) is 0.330. The van der Waals surface area contributed by atoms with E-state index >= 15 is 0 Å². The minimum absolute atomic E-state index is 0.330. The van der Waals surface area contributed by atoms with Gasteiger partial charge in [-0.05, 0) is 27.2 Å². The van der Waals surface area contributed by atoms with Crippen molar-refractivity contribution in [3.63, 3.8) is 0 Å². The first kappa shape index (κ1) is 10.6. The molecule has 15 heavy (non-hydrogen) atoms. The van der Waals surface area contributed by atoms with Crippen LogP contribution in [0.4, 0.5) is 0 Å². The maximum absolute atomic E-state index is 6.28.